The molecule has 1 saturated heterocycles. The molecule has 0 bridgehead atoms. The molecular formula is C12H21NO3. The molecule has 0 aromatic heterocycles. The average Bonchev–Trinajstić information content (AvgIpc) is 2.37. The molecule has 92 valence electrons. The molecule has 0 spiro atoms. The van der Waals surface area contributed by atoms with Crippen LogP contribution in [0.4, 0.5) is 4.79 Å². The molecule has 4 heteroatoms. The molecule has 2 rings (SSSR count). The Morgan fingerprint density at radius 1 is 1.56 bits per heavy atom. The second kappa shape index (κ2) is 3.62. The summed E-state index contributed by atoms with van der Waals surface area (Å²) in [6.45, 7) is 7.21. The van der Waals surface area contributed by atoms with E-state index in [4.69, 9.17) is 4.74 Å². The zero-order valence-corrected chi connectivity index (χ0v) is 10.3. The predicted octanol–water partition coefficient (Wildman–Crippen LogP) is 1.63. The quantitative estimate of drug-likeness (QED) is 0.740. The molecule has 1 amide bonds. The van der Waals surface area contributed by atoms with Crippen LogP contribution in [0.2, 0.25) is 0 Å². The van der Waals surface area contributed by atoms with Crippen LogP contribution >= 0.6 is 0 Å². The van der Waals surface area contributed by atoms with Gasteiger partial charge in [0, 0.05) is 18.5 Å². The molecule has 0 aromatic carbocycles. The Kier molecular flexibility index (Phi) is 2.65. The van der Waals surface area contributed by atoms with Gasteiger partial charge in [0.15, 0.2) is 0 Å². The van der Waals surface area contributed by atoms with E-state index >= 15 is 0 Å². The van der Waals surface area contributed by atoms with Crippen molar-refractivity contribution in [1.82, 2.24) is 4.90 Å². The van der Waals surface area contributed by atoms with Crippen LogP contribution in [0.5, 0.6) is 0 Å². The van der Waals surface area contributed by atoms with E-state index in [9.17, 15) is 9.90 Å². The third-order valence-corrected chi connectivity index (χ3v) is 3.77. The largest absolute Gasteiger partial charge is 0.444 e. The summed E-state index contributed by atoms with van der Waals surface area (Å²) in [6, 6.07) is 0. The van der Waals surface area contributed by atoms with Gasteiger partial charge in [-0.25, -0.2) is 4.79 Å². The van der Waals surface area contributed by atoms with Crippen molar-refractivity contribution in [2.45, 2.75) is 39.2 Å². The zero-order chi connectivity index (χ0) is 12.0. The fourth-order valence-electron chi connectivity index (χ4n) is 2.68. The Morgan fingerprint density at radius 3 is 2.62 bits per heavy atom. The molecule has 0 unspecified atom stereocenters. The number of likely N-dealkylation sites (tertiary alicyclic amines) is 1. The van der Waals surface area contributed by atoms with Crippen LogP contribution in [0.15, 0.2) is 0 Å². The van der Waals surface area contributed by atoms with Gasteiger partial charge in [-0.3, -0.25) is 0 Å². The Hall–Kier alpha value is -0.770. The summed E-state index contributed by atoms with van der Waals surface area (Å²) in [4.78, 5) is 13.6. The molecule has 16 heavy (non-hydrogen) atoms. The second-order valence-corrected chi connectivity index (χ2v) is 6.12. The minimum absolute atomic E-state index is 0.0170. The first-order valence-corrected chi connectivity index (χ1v) is 5.95. The number of carbonyl (C=O) groups is 1. The van der Waals surface area contributed by atoms with Gasteiger partial charge in [0.05, 0.1) is 6.61 Å². The van der Waals surface area contributed by atoms with Gasteiger partial charge < -0.3 is 14.7 Å². The van der Waals surface area contributed by atoms with Crippen molar-refractivity contribution >= 4 is 6.09 Å². The van der Waals surface area contributed by atoms with E-state index in [1.807, 2.05) is 20.8 Å². The van der Waals surface area contributed by atoms with E-state index in [0.717, 1.165) is 19.4 Å². The Morgan fingerprint density at radius 2 is 2.25 bits per heavy atom. The number of carbonyl (C=O) groups excluding carboxylic acids is 1. The maximum absolute atomic E-state index is 11.9. The molecular weight excluding hydrogens is 206 g/mol. The molecule has 0 radical (unpaired) electrons. The molecule has 2 atom stereocenters. The fourth-order valence-corrected chi connectivity index (χ4v) is 2.68. The monoisotopic (exact) mass is 227 g/mol. The molecule has 0 aromatic rings. The van der Waals surface area contributed by atoms with Crippen LogP contribution in [0.25, 0.3) is 0 Å². The summed E-state index contributed by atoms with van der Waals surface area (Å²) >= 11 is 0. The second-order valence-electron chi connectivity index (χ2n) is 6.12. The van der Waals surface area contributed by atoms with Crippen molar-refractivity contribution in [2.75, 3.05) is 19.7 Å². The lowest BCUT2D eigenvalue weighted by Crippen LogP contribution is -2.43. The molecule has 1 saturated carbocycles. The minimum atomic E-state index is -0.439. The van der Waals surface area contributed by atoms with Gasteiger partial charge in [0.25, 0.3) is 0 Å². The molecule has 4 nitrogen and oxygen atoms in total. The van der Waals surface area contributed by atoms with Gasteiger partial charge in [-0.1, -0.05) is 0 Å². The number of aliphatic hydroxyl groups excluding tert-OH is 1. The van der Waals surface area contributed by atoms with E-state index in [0.29, 0.717) is 12.5 Å². The SMILES string of the molecule is CC(C)(C)OC(=O)N1C[C@@H]2CC[C@]2(CO)C1. The maximum Gasteiger partial charge on any atom is 0.410 e. The third kappa shape index (κ3) is 1.90. The Bertz CT molecular complexity index is 293. The number of nitrogens with zero attached hydrogens (tertiary/aromatic N) is 1. The predicted molar refractivity (Wildman–Crippen MR) is 60.0 cm³/mol. The van der Waals surface area contributed by atoms with Crippen molar-refractivity contribution in [2.24, 2.45) is 11.3 Å². The molecule has 1 N–H and O–H groups in total. The highest BCUT2D eigenvalue weighted by molar-refractivity contribution is 5.68. The van der Waals surface area contributed by atoms with E-state index in [1.54, 1.807) is 4.90 Å². The van der Waals surface area contributed by atoms with Crippen LogP contribution in [0.1, 0.15) is 33.6 Å². The maximum atomic E-state index is 11.9. The van der Waals surface area contributed by atoms with Crippen LogP contribution in [0.3, 0.4) is 0 Å². The van der Waals surface area contributed by atoms with E-state index in [-0.39, 0.29) is 18.1 Å². The molecule has 2 fully saturated rings. The lowest BCUT2D eigenvalue weighted by molar-refractivity contribution is 0.00856. The number of aliphatic hydroxyl groups is 1. The first-order chi connectivity index (χ1) is 7.36. The summed E-state index contributed by atoms with van der Waals surface area (Å²) in [6.07, 6.45) is 1.92. The van der Waals surface area contributed by atoms with Gasteiger partial charge in [-0.05, 0) is 39.5 Å². The Labute approximate surface area is 96.6 Å². The Balaban J connectivity index is 1.96. The molecule has 1 heterocycles. The number of hydrogen-bond donors (Lipinski definition) is 1. The van der Waals surface area contributed by atoms with Crippen LogP contribution < -0.4 is 0 Å². The van der Waals surface area contributed by atoms with Gasteiger partial charge >= 0.3 is 6.09 Å². The lowest BCUT2D eigenvalue weighted by Gasteiger charge is -2.42. The molecule has 2 aliphatic rings. The van der Waals surface area contributed by atoms with Crippen molar-refractivity contribution in [3.63, 3.8) is 0 Å². The summed E-state index contributed by atoms with van der Waals surface area (Å²) in [7, 11) is 0. The number of hydrogen-bond acceptors (Lipinski definition) is 3. The topological polar surface area (TPSA) is 49.8 Å². The van der Waals surface area contributed by atoms with E-state index in [2.05, 4.69) is 0 Å². The molecule has 1 aliphatic heterocycles. The fraction of sp³-hybridized carbons (Fsp3) is 0.917. The number of amides is 1. The standard InChI is InChI=1S/C12H21NO3/c1-11(2,3)16-10(15)13-6-9-4-5-12(9,7-13)8-14/h9,14H,4-8H2,1-3H3/t9-,12+/m0/s1. The van der Waals surface area contributed by atoms with Crippen molar-refractivity contribution in [3.05, 3.63) is 0 Å². The summed E-state index contributed by atoms with van der Waals surface area (Å²) in [5, 5.41) is 9.40. The van der Waals surface area contributed by atoms with Crippen LogP contribution in [0, 0.1) is 11.3 Å². The van der Waals surface area contributed by atoms with Crippen molar-refractivity contribution in [1.29, 1.82) is 0 Å². The van der Waals surface area contributed by atoms with Gasteiger partial charge in [-0.15, -0.1) is 0 Å². The van der Waals surface area contributed by atoms with Crippen molar-refractivity contribution < 1.29 is 14.6 Å². The third-order valence-electron chi connectivity index (χ3n) is 3.77. The first-order valence-electron chi connectivity index (χ1n) is 5.95. The first kappa shape index (κ1) is 11.7. The normalized spacial score (nSPS) is 33.2. The van der Waals surface area contributed by atoms with Crippen molar-refractivity contribution in [3.8, 4) is 0 Å². The zero-order valence-electron chi connectivity index (χ0n) is 10.3. The highest BCUT2D eigenvalue weighted by Crippen LogP contribution is 2.51. The smallest absolute Gasteiger partial charge is 0.410 e. The highest BCUT2D eigenvalue weighted by atomic mass is 16.6. The van der Waals surface area contributed by atoms with Crippen LogP contribution in [-0.2, 0) is 4.74 Å². The van der Waals surface area contributed by atoms with Crippen LogP contribution in [-0.4, -0.2) is 41.4 Å². The van der Waals surface area contributed by atoms with Gasteiger partial charge in [0.1, 0.15) is 5.60 Å². The van der Waals surface area contributed by atoms with Gasteiger partial charge in [-0.2, -0.15) is 0 Å². The summed E-state index contributed by atoms with van der Waals surface area (Å²) < 4.78 is 5.34. The van der Waals surface area contributed by atoms with E-state index < -0.39 is 5.60 Å². The average molecular weight is 227 g/mol. The minimum Gasteiger partial charge on any atom is -0.444 e. The number of fused-ring (bicyclic) bond motifs is 1. The van der Waals surface area contributed by atoms with Gasteiger partial charge in [0.2, 0.25) is 0 Å². The van der Waals surface area contributed by atoms with E-state index in [1.165, 1.54) is 0 Å². The lowest BCUT2D eigenvalue weighted by atomic mass is 9.63. The summed E-state index contributed by atoms with van der Waals surface area (Å²) in [5.74, 6) is 0.477. The highest BCUT2D eigenvalue weighted by Gasteiger charge is 2.54. The summed E-state index contributed by atoms with van der Waals surface area (Å²) in [5.41, 5.74) is -0.456. The molecule has 1 aliphatic carbocycles. The number of rotatable bonds is 1. The number of ether oxygens (including phenoxy) is 1.